The minimum atomic E-state index is -1.93. The van der Waals surface area contributed by atoms with Crippen molar-refractivity contribution < 1.29 is 50.7 Å². The fourth-order valence-corrected chi connectivity index (χ4v) is 16.5. The lowest BCUT2D eigenvalue weighted by molar-refractivity contribution is 0.590. The van der Waals surface area contributed by atoms with E-state index in [1.807, 2.05) is 220 Å². The molecule has 0 spiro atoms. The van der Waals surface area contributed by atoms with E-state index >= 15 is 0 Å². The molecule has 576 valence electrons. The maximum Gasteiger partial charge on any atom is 0.252 e. The molecule has 2 aliphatic heterocycles. The molecule has 0 amide bonds. The summed E-state index contributed by atoms with van der Waals surface area (Å²) in [7, 11) is 0. The van der Waals surface area contributed by atoms with Gasteiger partial charge >= 0.3 is 0 Å². The van der Waals surface area contributed by atoms with E-state index in [1.165, 1.54) is 6.92 Å². The highest BCUT2D eigenvalue weighted by Crippen LogP contribution is 2.56. The third-order valence-electron chi connectivity index (χ3n) is 22.5. The monoisotopic (exact) mass is 1580 g/mol. The first-order valence-corrected chi connectivity index (χ1v) is 39.4. The number of anilines is 6. The van der Waals surface area contributed by atoms with Crippen molar-refractivity contribution in [2.75, 3.05) is 9.80 Å². The third-order valence-corrected chi connectivity index (χ3v) is 22.5. The van der Waals surface area contributed by atoms with Gasteiger partial charge < -0.3 is 18.9 Å². The Balaban J connectivity index is 1.03. The summed E-state index contributed by atoms with van der Waals surface area (Å²) in [5.74, 6) is 0. The summed E-state index contributed by atoms with van der Waals surface area (Å²) in [6.45, 7) is 17.3. The van der Waals surface area contributed by atoms with Crippen molar-refractivity contribution in [3.05, 3.63) is 404 Å². The zero-order valence-electron chi connectivity index (χ0n) is 104. The Morgan fingerprint density at radius 3 is 0.892 bits per heavy atom. The van der Waals surface area contributed by atoms with Crippen molar-refractivity contribution in [1.29, 1.82) is 0 Å². The molecule has 0 unspecified atom stereocenters. The van der Waals surface area contributed by atoms with Crippen LogP contribution < -0.4 is 26.2 Å². The topological polar surface area (TPSA) is 16.3 Å². The van der Waals surface area contributed by atoms with Crippen LogP contribution in [-0.4, -0.2) is 15.8 Å². The number of hydrogen-bond acceptors (Lipinski definition) is 2. The second-order valence-corrected chi connectivity index (χ2v) is 33.1. The molecule has 0 atom stereocenters. The number of hydrogen-bond donors (Lipinski definition) is 0. The van der Waals surface area contributed by atoms with Crippen molar-refractivity contribution >= 4 is 101 Å². The highest BCUT2D eigenvalue weighted by atomic mass is 15.2. The number of fused-ring (bicyclic) bond motifs is 10. The van der Waals surface area contributed by atoms with Gasteiger partial charge in [-0.3, -0.25) is 0 Å². The summed E-state index contributed by atoms with van der Waals surface area (Å²) in [5.41, 5.74) is -8.12. The van der Waals surface area contributed by atoms with E-state index in [9.17, 15) is 34.3 Å². The van der Waals surface area contributed by atoms with Gasteiger partial charge in [-0.25, -0.2) is 0 Å². The van der Waals surface area contributed by atoms with Crippen molar-refractivity contribution in [3.63, 3.8) is 0 Å². The van der Waals surface area contributed by atoms with Crippen LogP contribution in [0.2, 0.25) is 0 Å². The molecule has 17 aromatic carbocycles. The van der Waals surface area contributed by atoms with E-state index in [2.05, 4.69) is 0 Å². The summed E-state index contributed by atoms with van der Waals surface area (Å²) in [6, 6.07) is 13.8. The molecule has 0 saturated carbocycles. The SMILES string of the molecule is [2H]c1c([2H])c([2H])c(-c2c([2H])c([2H])c3c(c2[2H])c2c([2H])c(-c4c([2H])c([2H])c([2H])c([2H])c4[2H])c([2H])c([2H])c2n3-c2c([2H])c([2H])c3c(c2[2H])N(c2c(-c4ccccc4)cc(C(C)(C)C)cc2-c2ccccc2)c2cc(C(C)(C)C)cc4c2B3c2c([2H])c([2H])c(-n3c5c([2H])c([2H])c(-c6c([2H])c([2H])c([2H])c([2H])c6[2H])c([2H])c5c5c([2H])c(-c6c([2H])c([2H])c([2H])c([2H])c6C)c([2H])c([2H])c53)c([2H])c2N4c2c(-c3ccccc3)cc(C(C)(C)C)cc2-c2ccccc2)c([2H])c1[2H]. The van der Waals surface area contributed by atoms with Gasteiger partial charge in [0.05, 0.1) is 84.2 Å². The molecule has 4 nitrogen and oxygen atoms in total. The second-order valence-electron chi connectivity index (χ2n) is 33.1. The summed E-state index contributed by atoms with van der Waals surface area (Å²) in [6.07, 6.45) is 0. The molecule has 5 heteroatoms. The normalized spacial score (nSPS) is 17.0. The molecule has 2 aliphatic rings. The summed E-state index contributed by atoms with van der Waals surface area (Å²) < 4.78 is 373. The highest BCUT2D eigenvalue weighted by molar-refractivity contribution is 7.00. The van der Waals surface area contributed by atoms with Crippen LogP contribution in [0, 0.1) is 6.92 Å². The van der Waals surface area contributed by atoms with Gasteiger partial charge in [0.1, 0.15) is 0 Å². The predicted molar refractivity (Wildman–Crippen MR) is 513 cm³/mol. The van der Waals surface area contributed by atoms with Crippen LogP contribution in [0.4, 0.5) is 34.1 Å². The zero-order chi connectivity index (χ0) is 114. The molecule has 2 aromatic heterocycles. The maximum atomic E-state index is 12.2. The van der Waals surface area contributed by atoms with Crippen LogP contribution >= 0.6 is 0 Å². The lowest BCUT2D eigenvalue weighted by Gasteiger charge is -2.47. The molecule has 0 aliphatic carbocycles. The minimum Gasteiger partial charge on any atom is -0.310 e. The number of benzene rings is 17. The average Bonchev–Trinajstić information content (AvgIpc) is 1.63. The van der Waals surface area contributed by atoms with E-state index in [0.29, 0.717) is 50.1 Å². The molecule has 19 aromatic rings. The van der Waals surface area contributed by atoms with Crippen LogP contribution in [0.15, 0.2) is 381 Å². The molecular formula is C115H93BN4. The van der Waals surface area contributed by atoms with E-state index in [4.69, 9.17) is 16.4 Å². The summed E-state index contributed by atoms with van der Waals surface area (Å²) >= 11 is 0. The smallest absolute Gasteiger partial charge is 0.252 e. The van der Waals surface area contributed by atoms with Crippen molar-refractivity contribution in [3.8, 4) is 100 Å². The van der Waals surface area contributed by atoms with Crippen LogP contribution in [0.25, 0.3) is 144 Å². The Bertz CT molecular complexity index is 8590. The first-order valence-electron chi connectivity index (χ1n) is 57.9. The molecule has 0 saturated heterocycles. The Morgan fingerprint density at radius 1 is 0.258 bits per heavy atom. The van der Waals surface area contributed by atoms with Gasteiger partial charge in [-0.05, 0) is 237 Å². The average molecular weight is 1580 g/mol. The van der Waals surface area contributed by atoms with Gasteiger partial charge in [0.15, 0.2) is 0 Å². The summed E-state index contributed by atoms with van der Waals surface area (Å²) in [4.78, 5) is 3.50. The van der Waals surface area contributed by atoms with Gasteiger partial charge in [-0.2, -0.15) is 0 Å². The van der Waals surface area contributed by atoms with E-state index in [-0.39, 0.29) is 50.4 Å². The first kappa shape index (κ1) is 44.0. The van der Waals surface area contributed by atoms with Crippen LogP contribution in [0.1, 0.15) is 135 Å². The number of aromatic nitrogens is 2. The highest BCUT2D eigenvalue weighted by Gasteiger charge is 2.47. The maximum absolute atomic E-state index is 12.2. The Kier molecular flexibility index (Phi) is 10.5. The molecule has 0 N–H and O–H groups in total. The van der Waals surface area contributed by atoms with Crippen molar-refractivity contribution in [1.82, 2.24) is 9.13 Å². The van der Waals surface area contributed by atoms with Crippen molar-refractivity contribution in [2.45, 2.75) is 85.5 Å². The number of rotatable bonds is 12. The van der Waals surface area contributed by atoms with Gasteiger partial charge in [-0.1, -0.05) is 335 Å². The van der Waals surface area contributed by atoms with E-state index in [1.54, 1.807) is 9.80 Å². The predicted octanol–water partition coefficient (Wildman–Crippen LogP) is 29.5. The van der Waals surface area contributed by atoms with Crippen LogP contribution in [0.5, 0.6) is 0 Å². The Hall–Kier alpha value is -14.0. The largest absolute Gasteiger partial charge is 0.310 e. The van der Waals surface area contributed by atoms with Crippen LogP contribution in [0.3, 0.4) is 0 Å². The van der Waals surface area contributed by atoms with Gasteiger partial charge in [0, 0.05) is 77.9 Å². The Morgan fingerprint density at radius 2 is 0.558 bits per heavy atom. The van der Waals surface area contributed by atoms with Gasteiger partial charge in [-0.15, -0.1) is 0 Å². The van der Waals surface area contributed by atoms with Gasteiger partial charge in [0.25, 0.3) is 6.71 Å². The van der Waals surface area contributed by atoms with Crippen molar-refractivity contribution in [2.24, 2.45) is 0 Å². The fraction of sp³-hybridized carbons (Fsp3) is 0.113. The minimum absolute atomic E-state index is 0.113. The first-order chi connectivity index (χ1) is 73.8. The Labute approximate surface area is 757 Å². The van der Waals surface area contributed by atoms with E-state index in [0.717, 1.165) is 20.3 Å². The second kappa shape index (κ2) is 28.7. The molecule has 4 heterocycles. The standard InChI is InChI=1S/C115H93BN4/c1-74-34-32-33-49-91(74)85-53-61-105-99(65-85)98-64-84(77-39-22-13-23-40-77)52-60-104(98)118(105)90-55-57-101-107(73-90)120(112-94(80-45-28-16-29-46-80)68-87(114(5,6)7)69-95(112)81-47-30-17-31-48-81)109-71-88(115(8,9)10)70-108-110(109)116(101)100-56-54-89(72-106(100)119(108)111-92(78-41-24-14-25-42-78)66-86(113(2,3)4)67-93(111)79-43-26-15-27-44-79)117-102-58-50-82(75-35-18-11-19-36-75)62-96(102)97-63-83(51-59-103(97)117)76-37-20-12-21-38-76/h11-73H,1-10H3/i11D,12D,13D,18D,19D,20D,21D,22D,23D,32D,33D,34D,35D,36D,37D,38D,39D,40D,49D,50D,51D,52D,53D,54D,55D,56D,57D,58D,59D,60D,61D,62D,63D,64D,65D,72D,73D. The lowest BCUT2D eigenvalue weighted by atomic mass is 9.33. The molecular weight excluding hydrogens is 1450 g/mol. The van der Waals surface area contributed by atoms with E-state index < -0.39 is 352 Å². The fourth-order valence-electron chi connectivity index (χ4n) is 16.5. The van der Waals surface area contributed by atoms with Crippen LogP contribution in [-0.2, 0) is 16.2 Å². The molecule has 0 radical (unpaired) electrons. The lowest BCUT2D eigenvalue weighted by Crippen LogP contribution is -2.61. The molecule has 0 bridgehead atoms. The zero-order valence-corrected chi connectivity index (χ0v) is 66.9. The summed E-state index contributed by atoms with van der Waals surface area (Å²) in [5, 5.41) is -2.71. The molecule has 120 heavy (non-hydrogen) atoms. The number of nitrogens with zero attached hydrogens (tertiary/aromatic N) is 4. The molecule has 21 rings (SSSR count). The quantitative estimate of drug-likeness (QED) is 0.113. The van der Waals surface area contributed by atoms with Gasteiger partial charge in [0.2, 0.25) is 0 Å². The molecule has 0 fully saturated rings. The third kappa shape index (κ3) is 12.5.